The van der Waals surface area contributed by atoms with Gasteiger partial charge in [0.15, 0.2) is 0 Å². The molecule has 6 nitrogen and oxygen atoms in total. The number of rotatable bonds is 8. The molecular formula is C12H22N2O4. The molecule has 0 unspecified atom stereocenters. The number of esters is 1. The molecule has 0 heterocycles. The lowest BCUT2D eigenvalue weighted by Gasteiger charge is -2.21. The molecule has 1 saturated carbocycles. The Kier molecular flexibility index (Phi) is 7.36. The Morgan fingerprint density at radius 3 is 2.28 bits per heavy atom. The van der Waals surface area contributed by atoms with Crippen molar-refractivity contribution in [1.82, 2.24) is 10.6 Å². The summed E-state index contributed by atoms with van der Waals surface area (Å²) < 4.78 is 5.32. The van der Waals surface area contributed by atoms with Crippen molar-refractivity contribution in [2.24, 2.45) is 0 Å². The minimum Gasteiger partial charge on any atom is -0.480 e. The van der Waals surface area contributed by atoms with Gasteiger partial charge in [0, 0.05) is 13.1 Å². The van der Waals surface area contributed by atoms with E-state index in [9.17, 15) is 9.59 Å². The van der Waals surface area contributed by atoms with Gasteiger partial charge in [-0.25, -0.2) is 0 Å². The summed E-state index contributed by atoms with van der Waals surface area (Å²) in [7, 11) is 0. The van der Waals surface area contributed by atoms with Crippen LogP contribution in [0.25, 0.3) is 0 Å². The molecule has 0 radical (unpaired) electrons. The highest BCUT2D eigenvalue weighted by molar-refractivity contribution is 5.71. The monoisotopic (exact) mass is 258 g/mol. The van der Waals surface area contributed by atoms with E-state index in [-0.39, 0.29) is 25.2 Å². The molecule has 0 bridgehead atoms. The van der Waals surface area contributed by atoms with Crippen LogP contribution >= 0.6 is 0 Å². The average molecular weight is 258 g/mol. The van der Waals surface area contributed by atoms with Crippen LogP contribution in [0.5, 0.6) is 0 Å². The molecule has 0 aliphatic heterocycles. The number of carbonyl (C=O) groups is 2. The molecule has 0 spiro atoms. The van der Waals surface area contributed by atoms with Crippen molar-refractivity contribution in [3.8, 4) is 0 Å². The van der Waals surface area contributed by atoms with Crippen LogP contribution in [-0.2, 0) is 14.3 Å². The van der Waals surface area contributed by atoms with Crippen LogP contribution in [0, 0.1) is 0 Å². The second kappa shape index (κ2) is 8.88. The Balaban J connectivity index is 1.94. The predicted molar refractivity (Wildman–Crippen MR) is 66.3 cm³/mol. The van der Waals surface area contributed by atoms with Crippen molar-refractivity contribution in [2.75, 3.05) is 26.2 Å². The number of carbonyl (C=O) groups excluding carboxylic acids is 1. The molecule has 0 aromatic rings. The van der Waals surface area contributed by atoms with Crippen molar-refractivity contribution < 1.29 is 19.4 Å². The summed E-state index contributed by atoms with van der Waals surface area (Å²) in [5.74, 6) is -1.10. The molecule has 0 aromatic heterocycles. The first-order valence-corrected chi connectivity index (χ1v) is 6.51. The van der Waals surface area contributed by atoms with Gasteiger partial charge in [-0.3, -0.25) is 9.59 Å². The number of ether oxygens (including phenoxy) is 1. The second-order valence-corrected chi connectivity index (χ2v) is 4.50. The zero-order valence-corrected chi connectivity index (χ0v) is 10.6. The van der Waals surface area contributed by atoms with E-state index in [1.807, 2.05) is 0 Å². The minimum atomic E-state index is -0.883. The number of carboxylic acid groups (broad SMARTS) is 1. The van der Waals surface area contributed by atoms with E-state index >= 15 is 0 Å². The quantitative estimate of drug-likeness (QED) is 0.423. The molecule has 1 aliphatic carbocycles. The van der Waals surface area contributed by atoms with Gasteiger partial charge >= 0.3 is 11.9 Å². The first-order valence-electron chi connectivity index (χ1n) is 6.51. The van der Waals surface area contributed by atoms with Gasteiger partial charge in [-0.1, -0.05) is 6.42 Å². The number of hydrogen-bond donors (Lipinski definition) is 3. The lowest BCUT2D eigenvalue weighted by Crippen LogP contribution is -2.35. The fraction of sp³-hybridized carbons (Fsp3) is 0.833. The van der Waals surface area contributed by atoms with E-state index in [0.29, 0.717) is 13.1 Å². The van der Waals surface area contributed by atoms with Crippen LogP contribution in [0.15, 0.2) is 0 Å². The fourth-order valence-electron chi connectivity index (χ4n) is 1.97. The van der Waals surface area contributed by atoms with Crippen molar-refractivity contribution in [1.29, 1.82) is 0 Å². The van der Waals surface area contributed by atoms with Crippen LogP contribution in [-0.4, -0.2) is 49.3 Å². The highest BCUT2D eigenvalue weighted by atomic mass is 16.5. The van der Waals surface area contributed by atoms with Crippen molar-refractivity contribution >= 4 is 11.9 Å². The predicted octanol–water partition coefficient (Wildman–Crippen LogP) is 0.126. The first-order chi connectivity index (χ1) is 8.68. The molecule has 0 atom stereocenters. The van der Waals surface area contributed by atoms with E-state index < -0.39 is 5.97 Å². The highest BCUT2D eigenvalue weighted by Gasteiger charge is 2.17. The standard InChI is InChI=1S/C12H22N2O4/c15-11(16)8-13-6-7-14-9-12(17)18-10-4-2-1-3-5-10/h10,13-14H,1-9H2,(H,15,16). The molecule has 3 N–H and O–H groups in total. The van der Waals surface area contributed by atoms with E-state index in [0.717, 1.165) is 25.7 Å². The average Bonchev–Trinajstić information content (AvgIpc) is 2.34. The van der Waals surface area contributed by atoms with Crippen molar-refractivity contribution in [2.45, 2.75) is 38.2 Å². The Morgan fingerprint density at radius 1 is 1.06 bits per heavy atom. The first kappa shape index (κ1) is 14.9. The van der Waals surface area contributed by atoms with Crippen molar-refractivity contribution in [3.05, 3.63) is 0 Å². The summed E-state index contributed by atoms with van der Waals surface area (Å²) in [5, 5.41) is 14.0. The van der Waals surface area contributed by atoms with E-state index in [2.05, 4.69) is 10.6 Å². The highest BCUT2D eigenvalue weighted by Crippen LogP contribution is 2.20. The molecule has 1 fully saturated rings. The number of aliphatic carboxylic acids is 1. The van der Waals surface area contributed by atoms with Crippen LogP contribution in [0.2, 0.25) is 0 Å². The molecular weight excluding hydrogens is 236 g/mol. The number of nitrogens with one attached hydrogen (secondary N) is 2. The topological polar surface area (TPSA) is 87.7 Å². The van der Waals surface area contributed by atoms with Gasteiger partial charge in [0.05, 0.1) is 13.1 Å². The summed E-state index contributed by atoms with van der Waals surface area (Å²) in [6.45, 7) is 1.19. The van der Waals surface area contributed by atoms with Crippen LogP contribution in [0.4, 0.5) is 0 Å². The maximum absolute atomic E-state index is 11.5. The summed E-state index contributed by atoms with van der Waals surface area (Å²) >= 11 is 0. The van der Waals surface area contributed by atoms with Gasteiger partial charge in [0.25, 0.3) is 0 Å². The third-order valence-corrected chi connectivity index (χ3v) is 2.87. The third-order valence-electron chi connectivity index (χ3n) is 2.87. The van der Waals surface area contributed by atoms with Gasteiger partial charge in [0.2, 0.25) is 0 Å². The molecule has 1 aliphatic rings. The zero-order chi connectivity index (χ0) is 13.2. The summed E-state index contributed by atoms with van der Waals surface area (Å²) in [6, 6.07) is 0. The molecule has 18 heavy (non-hydrogen) atoms. The van der Waals surface area contributed by atoms with Gasteiger partial charge in [-0.15, -0.1) is 0 Å². The number of carboxylic acids is 1. The van der Waals surface area contributed by atoms with E-state index in [4.69, 9.17) is 9.84 Å². The van der Waals surface area contributed by atoms with E-state index in [1.54, 1.807) is 0 Å². The Hall–Kier alpha value is -1.14. The maximum atomic E-state index is 11.5. The van der Waals surface area contributed by atoms with Gasteiger partial charge < -0.3 is 20.5 Å². The van der Waals surface area contributed by atoms with Gasteiger partial charge in [0.1, 0.15) is 6.10 Å². The lowest BCUT2D eigenvalue weighted by atomic mass is 9.98. The number of hydrogen-bond acceptors (Lipinski definition) is 5. The largest absolute Gasteiger partial charge is 0.480 e. The second-order valence-electron chi connectivity index (χ2n) is 4.50. The molecule has 0 aromatic carbocycles. The summed E-state index contributed by atoms with van der Waals surface area (Å²) in [6.07, 6.45) is 5.58. The maximum Gasteiger partial charge on any atom is 0.320 e. The zero-order valence-electron chi connectivity index (χ0n) is 10.6. The smallest absolute Gasteiger partial charge is 0.320 e. The van der Waals surface area contributed by atoms with Crippen LogP contribution in [0.3, 0.4) is 0 Å². The normalized spacial score (nSPS) is 16.4. The Bertz CT molecular complexity index is 265. The molecule has 1 rings (SSSR count). The molecule has 0 amide bonds. The van der Waals surface area contributed by atoms with Gasteiger partial charge in [-0.05, 0) is 25.7 Å². The summed E-state index contributed by atoms with van der Waals surface area (Å²) in [5.41, 5.74) is 0. The Labute approximate surface area is 107 Å². The third kappa shape index (κ3) is 7.24. The molecule has 0 saturated heterocycles. The van der Waals surface area contributed by atoms with Crippen LogP contribution in [0.1, 0.15) is 32.1 Å². The lowest BCUT2D eigenvalue weighted by molar-refractivity contribution is -0.149. The summed E-state index contributed by atoms with van der Waals surface area (Å²) in [4.78, 5) is 21.7. The van der Waals surface area contributed by atoms with E-state index in [1.165, 1.54) is 6.42 Å². The fourth-order valence-corrected chi connectivity index (χ4v) is 1.97. The van der Waals surface area contributed by atoms with Crippen LogP contribution < -0.4 is 10.6 Å². The van der Waals surface area contributed by atoms with Crippen molar-refractivity contribution in [3.63, 3.8) is 0 Å². The minimum absolute atomic E-state index is 0.0613. The Morgan fingerprint density at radius 2 is 1.67 bits per heavy atom. The molecule has 104 valence electrons. The SMILES string of the molecule is O=C(O)CNCCNCC(=O)OC1CCCCC1. The van der Waals surface area contributed by atoms with Gasteiger partial charge in [-0.2, -0.15) is 0 Å². The molecule has 6 heteroatoms.